The number of oxime groups is 1. The van der Waals surface area contributed by atoms with Gasteiger partial charge in [0.1, 0.15) is 0 Å². The number of hydrogen-bond acceptors (Lipinski definition) is 5. The fourth-order valence-corrected chi connectivity index (χ4v) is 2.49. The first-order valence-electron chi connectivity index (χ1n) is 7.05. The maximum Gasteiger partial charge on any atom is 0.353 e. The molecule has 0 bridgehead atoms. The molecule has 0 radical (unpaired) electrons. The van der Waals surface area contributed by atoms with E-state index in [0.29, 0.717) is 6.54 Å². The molecule has 2 rings (SSSR count). The lowest BCUT2D eigenvalue weighted by atomic mass is 10.1. The van der Waals surface area contributed by atoms with Crippen molar-refractivity contribution in [2.45, 2.75) is 44.8 Å². The summed E-state index contributed by atoms with van der Waals surface area (Å²) in [5, 5.41) is 15.0. The van der Waals surface area contributed by atoms with Gasteiger partial charge in [-0.1, -0.05) is 11.6 Å². The first kappa shape index (κ1) is 14.8. The lowest BCUT2D eigenvalue weighted by Crippen LogP contribution is -2.46. The number of piperidine rings is 1. The third kappa shape index (κ3) is 3.69. The average Bonchev–Trinajstić information content (AvgIpc) is 2.95. The second-order valence-electron chi connectivity index (χ2n) is 5.33. The molecule has 0 aromatic rings. The Morgan fingerprint density at radius 2 is 2.15 bits per heavy atom. The molecule has 0 spiro atoms. The second-order valence-corrected chi connectivity index (χ2v) is 5.33. The molecule has 2 unspecified atom stereocenters. The maximum atomic E-state index is 11.9. The van der Waals surface area contributed by atoms with E-state index in [0.717, 1.165) is 13.1 Å². The Balaban J connectivity index is 1.71. The third-order valence-electron chi connectivity index (χ3n) is 3.79. The Morgan fingerprint density at radius 1 is 1.45 bits per heavy atom. The van der Waals surface area contributed by atoms with Gasteiger partial charge >= 0.3 is 5.97 Å². The van der Waals surface area contributed by atoms with Crippen LogP contribution >= 0.6 is 0 Å². The molecule has 2 N–H and O–H groups in total. The van der Waals surface area contributed by atoms with Gasteiger partial charge in [-0.2, -0.15) is 0 Å². The van der Waals surface area contributed by atoms with Crippen LogP contribution in [0.5, 0.6) is 0 Å². The summed E-state index contributed by atoms with van der Waals surface area (Å²) < 4.78 is 0. The topological polar surface area (TPSA) is 91.2 Å². The van der Waals surface area contributed by atoms with Gasteiger partial charge in [0.2, 0.25) is 6.10 Å². The molecule has 2 aliphatic heterocycles. The fourth-order valence-electron chi connectivity index (χ4n) is 2.49. The first-order chi connectivity index (χ1) is 9.58. The predicted molar refractivity (Wildman–Crippen MR) is 72.5 cm³/mol. The van der Waals surface area contributed by atoms with Crippen LogP contribution in [0.2, 0.25) is 0 Å². The summed E-state index contributed by atoms with van der Waals surface area (Å²) in [4.78, 5) is 29.8. The van der Waals surface area contributed by atoms with Crippen LogP contribution in [0.15, 0.2) is 5.16 Å². The van der Waals surface area contributed by atoms with Crippen LogP contribution in [0, 0.1) is 0 Å². The quantitative estimate of drug-likeness (QED) is 0.752. The van der Waals surface area contributed by atoms with E-state index in [1.54, 1.807) is 0 Å². The Hall–Kier alpha value is -1.63. The van der Waals surface area contributed by atoms with Crippen LogP contribution < -0.4 is 5.32 Å². The van der Waals surface area contributed by atoms with E-state index in [9.17, 15) is 9.59 Å². The molecule has 0 aliphatic carbocycles. The molecule has 7 nitrogen and oxygen atoms in total. The van der Waals surface area contributed by atoms with Crippen LogP contribution in [0.1, 0.15) is 32.6 Å². The number of nitrogens with one attached hydrogen (secondary N) is 1. The van der Waals surface area contributed by atoms with E-state index >= 15 is 0 Å². The summed E-state index contributed by atoms with van der Waals surface area (Å²) in [6.45, 7) is 4.77. The molecule has 2 heterocycles. The van der Waals surface area contributed by atoms with Gasteiger partial charge in [0.15, 0.2) is 5.71 Å². The minimum Gasteiger partial charge on any atom is -0.477 e. The van der Waals surface area contributed by atoms with Gasteiger partial charge in [-0.05, 0) is 32.9 Å². The van der Waals surface area contributed by atoms with E-state index < -0.39 is 12.1 Å². The Morgan fingerprint density at radius 3 is 2.75 bits per heavy atom. The van der Waals surface area contributed by atoms with Crippen molar-refractivity contribution in [3.8, 4) is 0 Å². The van der Waals surface area contributed by atoms with Gasteiger partial charge in [-0.3, -0.25) is 9.69 Å². The predicted octanol–water partition coefficient (Wildman–Crippen LogP) is 0.207. The van der Waals surface area contributed by atoms with Gasteiger partial charge in [0, 0.05) is 19.0 Å². The second kappa shape index (κ2) is 6.69. The van der Waals surface area contributed by atoms with E-state index in [1.807, 2.05) is 0 Å². The number of carbonyl (C=O) groups is 2. The number of aliphatic carboxylic acids is 1. The average molecular weight is 283 g/mol. The van der Waals surface area contributed by atoms with Crippen molar-refractivity contribution < 1.29 is 19.5 Å². The summed E-state index contributed by atoms with van der Waals surface area (Å²) in [5.74, 6) is -1.43. The number of carboxylic acid groups (broad SMARTS) is 1. The first-order valence-corrected chi connectivity index (χ1v) is 7.05. The number of carboxylic acids is 1. The van der Waals surface area contributed by atoms with Crippen molar-refractivity contribution in [2.75, 3.05) is 19.6 Å². The van der Waals surface area contributed by atoms with E-state index in [2.05, 4.69) is 22.3 Å². The third-order valence-corrected chi connectivity index (χ3v) is 3.79. The number of hydrogen-bond donors (Lipinski definition) is 2. The minimum atomic E-state index is -1.14. The zero-order valence-electron chi connectivity index (χ0n) is 11.7. The minimum absolute atomic E-state index is 0.0270. The summed E-state index contributed by atoms with van der Waals surface area (Å²) >= 11 is 0. The highest BCUT2D eigenvalue weighted by molar-refractivity contribution is 6.36. The fraction of sp³-hybridized carbons (Fsp3) is 0.769. The molecule has 2 atom stereocenters. The van der Waals surface area contributed by atoms with Crippen molar-refractivity contribution in [1.82, 2.24) is 10.2 Å². The van der Waals surface area contributed by atoms with Crippen molar-refractivity contribution in [3.05, 3.63) is 0 Å². The standard InChI is InChI=1S/C13H21N3O4/c1-9(16-5-3-2-4-6-16)8-14-12(17)11-7-10(13(18)19)15-20-11/h9,11H,2-8H2,1H3,(H,14,17)(H,18,19). The zero-order chi connectivity index (χ0) is 14.5. The molecular weight excluding hydrogens is 262 g/mol. The molecule has 7 heteroatoms. The van der Waals surface area contributed by atoms with E-state index in [4.69, 9.17) is 9.94 Å². The van der Waals surface area contributed by atoms with Gasteiger partial charge in [0.05, 0.1) is 0 Å². The van der Waals surface area contributed by atoms with Crippen LogP contribution in [0.4, 0.5) is 0 Å². The summed E-state index contributed by atoms with van der Waals surface area (Å²) in [5.41, 5.74) is -0.103. The number of carbonyl (C=O) groups excluding carboxylic acids is 1. The summed E-state index contributed by atoms with van der Waals surface area (Å²) in [6, 6.07) is 0.278. The number of nitrogens with zero attached hydrogens (tertiary/aromatic N) is 2. The number of likely N-dealkylation sites (tertiary alicyclic amines) is 1. The molecule has 1 amide bonds. The van der Waals surface area contributed by atoms with Crippen molar-refractivity contribution in [3.63, 3.8) is 0 Å². The Bertz CT molecular complexity index is 404. The van der Waals surface area contributed by atoms with Crippen molar-refractivity contribution in [1.29, 1.82) is 0 Å². The number of amides is 1. The van der Waals surface area contributed by atoms with Gasteiger partial charge in [-0.25, -0.2) is 4.79 Å². The summed E-state index contributed by atoms with van der Waals surface area (Å²) in [6.07, 6.45) is 2.91. The molecular formula is C13H21N3O4. The molecule has 1 fully saturated rings. The maximum absolute atomic E-state index is 11.9. The van der Waals surface area contributed by atoms with E-state index in [-0.39, 0.29) is 24.1 Å². The normalized spacial score (nSPS) is 24.6. The largest absolute Gasteiger partial charge is 0.477 e. The molecule has 112 valence electrons. The molecule has 0 aromatic heterocycles. The van der Waals surface area contributed by atoms with Crippen LogP contribution in [-0.4, -0.2) is 59.4 Å². The molecule has 0 saturated carbocycles. The van der Waals surface area contributed by atoms with Gasteiger partial charge in [-0.15, -0.1) is 0 Å². The highest BCUT2D eigenvalue weighted by atomic mass is 16.6. The van der Waals surface area contributed by atoms with Crippen LogP contribution in [-0.2, 0) is 14.4 Å². The zero-order valence-corrected chi connectivity index (χ0v) is 11.7. The van der Waals surface area contributed by atoms with E-state index in [1.165, 1.54) is 19.3 Å². The van der Waals surface area contributed by atoms with Crippen LogP contribution in [0.25, 0.3) is 0 Å². The lowest BCUT2D eigenvalue weighted by molar-refractivity contribution is -0.131. The Labute approximate surface area is 117 Å². The van der Waals surface area contributed by atoms with Crippen molar-refractivity contribution >= 4 is 17.6 Å². The summed E-state index contributed by atoms with van der Waals surface area (Å²) in [7, 11) is 0. The smallest absolute Gasteiger partial charge is 0.353 e. The monoisotopic (exact) mass is 283 g/mol. The lowest BCUT2D eigenvalue weighted by Gasteiger charge is -2.32. The van der Waals surface area contributed by atoms with Crippen LogP contribution in [0.3, 0.4) is 0 Å². The number of rotatable bonds is 5. The van der Waals surface area contributed by atoms with Gasteiger partial charge in [0.25, 0.3) is 5.91 Å². The Kier molecular flexibility index (Phi) is 4.94. The highest BCUT2D eigenvalue weighted by Gasteiger charge is 2.31. The SMILES string of the molecule is CC(CNC(=O)C1CC(C(=O)O)=NO1)N1CCCCC1. The molecule has 2 aliphatic rings. The molecule has 20 heavy (non-hydrogen) atoms. The highest BCUT2D eigenvalue weighted by Crippen LogP contribution is 2.13. The van der Waals surface area contributed by atoms with Gasteiger partial charge < -0.3 is 15.3 Å². The van der Waals surface area contributed by atoms with Crippen molar-refractivity contribution in [2.24, 2.45) is 5.16 Å². The molecule has 0 aromatic carbocycles. The molecule has 1 saturated heterocycles.